The number of carbonyl (C=O) groups excluding carboxylic acids is 1. The zero-order chi connectivity index (χ0) is 8.53. The molecule has 0 aromatic heterocycles. The molecule has 0 rings (SSSR count). The van der Waals surface area contributed by atoms with Crippen LogP contribution >= 0.6 is 0 Å². The first-order chi connectivity index (χ1) is 5.31. The van der Waals surface area contributed by atoms with Crippen molar-refractivity contribution in [1.29, 1.82) is 0 Å². The summed E-state index contributed by atoms with van der Waals surface area (Å²) < 4.78 is 4.80. The Morgan fingerprint density at radius 3 is 2.82 bits per heavy atom. The second-order valence-electron chi connectivity index (χ2n) is 2.25. The lowest BCUT2D eigenvalue weighted by atomic mass is 10.4. The van der Waals surface area contributed by atoms with E-state index >= 15 is 0 Å². The Labute approximate surface area is 68.1 Å². The summed E-state index contributed by atoms with van der Waals surface area (Å²) in [5, 5.41) is 2.51. The highest BCUT2D eigenvalue weighted by atomic mass is 16.5. The highest BCUT2D eigenvalue weighted by Crippen LogP contribution is 1.89. The SMILES string of the molecule is CC[CH]NC(=O)OCCCC. The zero-order valence-corrected chi connectivity index (χ0v) is 7.22. The highest BCUT2D eigenvalue weighted by Gasteiger charge is 1.97. The van der Waals surface area contributed by atoms with Crippen molar-refractivity contribution in [2.24, 2.45) is 0 Å². The van der Waals surface area contributed by atoms with Crippen molar-refractivity contribution in [3.05, 3.63) is 6.54 Å². The van der Waals surface area contributed by atoms with Crippen molar-refractivity contribution >= 4 is 6.09 Å². The van der Waals surface area contributed by atoms with E-state index < -0.39 is 0 Å². The standard InChI is InChI=1S/C8H16NO2/c1-3-5-7-11-8(10)9-6-4-2/h6H,3-5,7H2,1-2H3,(H,9,10). The lowest BCUT2D eigenvalue weighted by molar-refractivity contribution is 0.147. The van der Waals surface area contributed by atoms with Gasteiger partial charge in [-0.25, -0.2) is 4.79 Å². The van der Waals surface area contributed by atoms with Crippen LogP contribution in [0.5, 0.6) is 0 Å². The van der Waals surface area contributed by atoms with Crippen LogP contribution in [-0.4, -0.2) is 12.7 Å². The summed E-state index contributed by atoms with van der Waals surface area (Å²) in [6.07, 6.45) is 2.45. The molecule has 0 aromatic rings. The molecule has 65 valence electrons. The summed E-state index contributed by atoms with van der Waals surface area (Å²) in [5.74, 6) is 0. The van der Waals surface area contributed by atoms with Gasteiger partial charge in [-0.2, -0.15) is 0 Å². The van der Waals surface area contributed by atoms with Gasteiger partial charge in [-0.15, -0.1) is 0 Å². The smallest absolute Gasteiger partial charge is 0.407 e. The zero-order valence-electron chi connectivity index (χ0n) is 7.22. The number of alkyl carbamates (subject to hydrolysis) is 1. The maximum Gasteiger partial charge on any atom is 0.407 e. The Hall–Kier alpha value is -0.730. The van der Waals surface area contributed by atoms with Gasteiger partial charge in [-0.05, 0) is 12.8 Å². The summed E-state index contributed by atoms with van der Waals surface area (Å²) in [5.41, 5.74) is 0. The molecule has 0 fully saturated rings. The number of hydrogen-bond donors (Lipinski definition) is 1. The maximum atomic E-state index is 10.7. The first-order valence-electron chi connectivity index (χ1n) is 4.06. The Bertz CT molecular complexity index is 104. The number of nitrogens with one attached hydrogen (secondary N) is 1. The van der Waals surface area contributed by atoms with E-state index in [-0.39, 0.29) is 6.09 Å². The molecule has 0 aliphatic heterocycles. The van der Waals surface area contributed by atoms with Crippen LogP contribution in [-0.2, 0) is 4.74 Å². The molecule has 0 saturated carbocycles. The quantitative estimate of drug-likeness (QED) is 0.622. The molecule has 0 aromatic carbocycles. The Balaban J connectivity index is 3.09. The summed E-state index contributed by atoms with van der Waals surface area (Å²) in [7, 11) is 0. The van der Waals surface area contributed by atoms with Crippen LogP contribution < -0.4 is 5.32 Å². The van der Waals surface area contributed by atoms with Crippen molar-refractivity contribution in [2.45, 2.75) is 33.1 Å². The van der Waals surface area contributed by atoms with Crippen LogP contribution in [0.1, 0.15) is 33.1 Å². The molecule has 0 aliphatic carbocycles. The fraction of sp³-hybridized carbons (Fsp3) is 0.750. The van der Waals surface area contributed by atoms with Crippen molar-refractivity contribution in [2.75, 3.05) is 6.61 Å². The van der Waals surface area contributed by atoms with Gasteiger partial charge in [-0.3, -0.25) is 0 Å². The van der Waals surface area contributed by atoms with Gasteiger partial charge in [0.05, 0.1) is 13.2 Å². The van der Waals surface area contributed by atoms with Crippen LogP contribution in [0, 0.1) is 6.54 Å². The molecular formula is C8H16NO2. The van der Waals surface area contributed by atoms with Gasteiger partial charge < -0.3 is 10.1 Å². The first kappa shape index (κ1) is 10.3. The van der Waals surface area contributed by atoms with Crippen LogP contribution in [0.4, 0.5) is 4.79 Å². The van der Waals surface area contributed by atoms with E-state index in [1.54, 1.807) is 6.54 Å². The van der Waals surface area contributed by atoms with E-state index in [4.69, 9.17) is 4.74 Å². The Kier molecular flexibility index (Phi) is 6.89. The van der Waals surface area contributed by atoms with E-state index in [9.17, 15) is 4.79 Å². The number of hydrogen-bond acceptors (Lipinski definition) is 2. The molecular weight excluding hydrogens is 142 g/mol. The summed E-state index contributed by atoms with van der Waals surface area (Å²) in [6, 6.07) is 0. The molecule has 1 N–H and O–H groups in total. The second-order valence-corrected chi connectivity index (χ2v) is 2.25. The number of unbranched alkanes of at least 4 members (excludes halogenated alkanes) is 1. The normalized spacial score (nSPS) is 9.27. The Morgan fingerprint density at radius 1 is 1.55 bits per heavy atom. The van der Waals surface area contributed by atoms with Gasteiger partial charge >= 0.3 is 6.09 Å². The third-order valence-corrected chi connectivity index (χ3v) is 1.16. The van der Waals surface area contributed by atoms with E-state index in [0.717, 1.165) is 19.3 Å². The average Bonchev–Trinajstić information content (AvgIpc) is 2.01. The lowest BCUT2D eigenvalue weighted by Gasteiger charge is -2.03. The molecule has 11 heavy (non-hydrogen) atoms. The van der Waals surface area contributed by atoms with Gasteiger partial charge in [0.2, 0.25) is 0 Å². The predicted octanol–water partition coefficient (Wildman–Crippen LogP) is 2.08. The molecule has 0 unspecified atom stereocenters. The molecule has 3 heteroatoms. The van der Waals surface area contributed by atoms with Crippen LogP contribution in [0.25, 0.3) is 0 Å². The molecule has 0 saturated heterocycles. The van der Waals surface area contributed by atoms with Crippen molar-refractivity contribution in [3.8, 4) is 0 Å². The van der Waals surface area contributed by atoms with Crippen molar-refractivity contribution < 1.29 is 9.53 Å². The summed E-state index contributed by atoms with van der Waals surface area (Å²) in [4.78, 5) is 10.7. The van der Waals surface area contributed by atoms with Crippen molar-refractivity contribution in [1.82, 2.24) is 5.32 Å². The second kappa shape index (κ2) is 7.38. The minimum absolute atomic E-state index is 0.347. The fourth-order valence-electron chi connectivity index (χ4n) is 0.536. The fourth-order valence-corrected chi connectivity index (χ4v) is 0.536. The van der Waals surface area contributed by atoms with Gasteiger partial charge in [0.15, 0.2) is 0 Å². The topological polar surface area (TPSA) is 38.3 Å². The third kappa shape index (κ3) is 7.16. The van der Waals surface area contributed by atoms with E-state index in [1.165, 1.54) is 0 Å². The van der Waals surface area contributed by atoms with E-state index in [2.05, 4.69) is 12.2 Å². The van der Waals surface area contributed by atoms with Crippen LogP contribution in [0.3, 0.4) is 0 Å². The van der Waals surface area contributed by atoms with E-state index in [0.29, 0.717) is 6.61 Å². The minimum atomic E-state index is -0.347. The monoisotopic (exact) mass is 158 g/mol. The number of ether oxygens (including phenoxy) is 1. The van der Waals surface area contributed by atoms with Crippen LogP contribution in [0.2, 0.25) is 0 Å². The molecule has 0 atom stereocenters. The first-order valence-corrected chi connectivity index (χ1v) is 4.06. The largest absolute Gasteiger partial charge is 0.450 e. The molecule has 0 aliphatic rings. The summed E-state index contributed by atoms with van der Waals surface area (Å²) in [6.45, 7) is 6.19. The van der Waals surface area contributed by atoms with Crippen LogP contribution in [0.15, 0.2) is 0 Å². The molecule has 3 nitrogen and oxygen atoms in total. The molecule has 0 bridgehead atoms. The average molecular weight is 158 g/mol. The Morgan fingerprint density at radius 2 is 2.27 bits per heavy atom. The van der Waals surface area contributed by atoms with Gasteiger partial charge in [0.1, 0.15) is 0 Å². The van der Waals surface area contributed by atoms with Gasteiger partial charge in [0, 0.05) is 0 Å². The number of carbonyl (C=O) groups is 1. The molecule has 1 amide bonds. The third-order valence-electron chi connectivity index (χ3n) is 1.16. The van der Waals surface area contributed by atoms with E-state index in [1.807, 2.05) is 6.92 Å². The molecule has 1 radical (unpaired) electrons. The maximum absolute atomic E-state index is 10.7. The molecule has 0 spiro atoms. The molecule has 0 heterocycles. The lowest BCUT2D eigenvalue weighted by Crippen LogP contribution is -2.21. The highest BCUT2D eigenvalue weighted by molar-refractivity contribution is 5.67. The summed E-state index contributed by atoms with van der Waals surface area (Å²) >= 11 is 0. The minimum Gasteiger partial charge on any atom is -0.450 e. The number of rotatable bonds is 5. The van der Waals surface area contributed by atoms with Gasteiger partial charge in [0.25, 0.3) is 0 Å². The van der Waals surface area contributed by atoms with Crippen molar-refractivity contribution in [3.63, 3.8) is 0 Å². The predicted molar refractivity (Wildman–Crippen MR) is 44.0 cm³/mol. The number of amides is 1. The van der Waals surface area contributed by atoms with Gasteiger partial charge in [-0.1, -0.05) is 20.3 Å².